The highest BCUT2D eigenvalue weighted by Gasteiger charge is 2.22. The molecular formula is C10H13ClN4O2S. The zero-order valence-electron chi connectivity index (χ0n) is 10.0. The van der Waals surface area contributed by atoms with E-state index in [1.807, 2.05) is 10.8 Å². The van der Waals surface area contributed by atoms with Crippen molar-refractivity contribution >= 4 is 19.7 Å². The van der Waals surface area contributed by atoms with Crippen molar-refractivity contribution in [3.8, 4) is 0 Å². The van der Waals surface area contributed by atoms with Crippen LogP contribution in [-0.2, 0) is 22.1 Å². The lowest BCUT2D eigenvalue weighted by molar-refractivity contribution is 0.519. The fourth-order valence-corrected chi connectivity index (χ4v) is 3.40. The van der Waals surface area contributed by atoms with Crippen molar-refractivity contribution in [2.24, 2.45) is 0 Å². The van der Waals surface area contributed by atoms with Crippen molar-refractivity contribution in [3.05, 3.63) is 30.1 Å². The van der Waals surface area contributed by atoms with Gasteiger partial charge in [0.25, 0.3) is 9.05 Å². The third-order valence-electron chi connectivity index (χ3n) is 2.69. The minimum atomic E-state index is -3.75. The Kier molecular flexibility index (Phi) is 3.45. The molecule has 2 aromatic rings. The molecule has 0 atom stereocenters. The van der Waals surface area contributed by atoms with Gasteiger partial charge in [0, 0.05) is 29.6 Å². The molecule has 0 saturated carbocycles. The third-order valence-corrected chi connectivity index (χ3v) is 4.23. The van der Waals surface area contributed by atoms with Gasteiger partial charge in [-0.1, -0.05) is 0 Å². The minimum Gasteiger partial charge on any atom is -0.336 e. The van der Waals surface area contributed by atoms with E-state index < -0.39 is 9.05 Å². The van der Waals surface area contributed by atoms with Crippen molar-refractivity contribution in [1.29, 1.82) is 0 Å². The average molecular weight is 289 g/mol. The van der Waals surface area contributed by atoms with E-state index in [2.05, 4.69) is 10.1 Å². The van der Waals surface area contributed by atoms with Gasteiger partial charge in [-0.3, -0.25) is 4.68 Å². The summed E-state index contributed by atoms with van der Waals surface area (Å²) in [7, 11) is 1.64. The molecule has 0 amide bonds. The Labute approximate surface area is 110 Å². The zero-order valence-corrected chi connectivity index (χ0v) is 11.6. The molecule has 0 spiro atoms. The normalized spacial score (nSPS) is 11.9. The molecule has 0 aliphatic rings. The summed E-state index contributed by atoms with van der Waals surface area (Å²) in [5.41, 5.74) is 0.982. The molecule has 6 nitrogen and oxygen atoms in total. The molecule has 0 N–H and O–H groups in total. The predicted molar refractivity (Wildman–Crippen MR) is 67.0 cm³/mol. The Morgan fingerprint density at radius 2 is 2.06 bits per heavy atom. The molecule has 18 heavy (non-hydrogen) atoms. The van der Waals surface area contributed by atoms with Gasteiger partial charge in [0.05, 0.1) is 24.3 Å². The Morgan fingerprint density at radius 3 is 2.56 bits per heavy atom. The van der Waals surface area contributed by atoms with Gasteiger partial charge in [-0.15, -0.1) is 0 Å². The smallest absolute Gasteiger partial charge is 0.264 e. The second-order valence-electron chi connectivity index (χ2n) is 3.96. The standard InChI is InChI=1S/C10H13ClN4O2S/c1-8-10(18(11,16)17)9(2)15(13-8)6-5-14-4-3-12-7-14/h3-4,7H,5-6H2,1-2H3. The average Bonchev–Trinajstić information content (AvgIpc) is 2.82. The summed E-state index contributed by atoms with van der Waals surface area (Å²) < 4.78 is 26.4. The van der Waals surface area contributed by atoms with Gasteiger partial charge in [0.2, 0.25) is 0 Å². The summed E-state index contributed by atoms with van der Waals surface area (Å²) in [6.45, 7) is 4.57. The summed E-state index contributed by atoms with van der Waals surface area (Å²) in [4.78, 5) is 4.04. The van der Waals surface area contributed by atoms with Crippen LogP contribution in [0.4, 0.5) is 0 Å². The molecule has 2 aromatic heterocycles. The van der Waals surface area contributed by atoms with Crippen LogP contribution in [0.1, 0.15) is 11.4 Å². The first-order chi connectivity index (χ1) is 8.39. The lowest BCUT2D eigenvalue weighted by Crippen LogP contribution is -2.09. The molecule has 0 aliphatic heterocycles. The molecule has 0 fully saturated rings. The number of hydrogen-bond donors (Lipinski definition) is 0. The largest absolute Gasteiger partial charge is 0.336 e. The van der Waals surface area contributed by atoms with Crippen LogP contribution in [0.15, 0.2) is 23.6 Å². The Hall–Kier alpha value is -1.34. The van der Waals surface area contributed by atoms with Crippen LogP contribution in [0.3, 0.4) is 0 Å². The fourth-order valence-electron chi connectivity index (χ4n) is 1.88. The van der Waals surface area contributed by atoms with E-state index in [1.165, 1.54) is 0 Å². The number of nitrogens with zero attached hydrogens (tertiary/aromatic N) is 4. The highest BCUT2D eigenvalue weighted by Crippen LogP contribution is 2.23. The van der Waals surface area contributed by atoms with Crippen molar-refractivity contribution in [2.75, 3.05) is 0 Å². The van der Waals surface area contributed by atoms with Crippen LogP contribution in [0.25, 0.3) is 0 Å². The van der Waals surface area contributed by atoms with Crippen molar-refractivity contribution in [3.63, 3.8) is 0 Å². The van der Waals surface area contributed by atoms with Gasteiger partial charge < -0.3 is 4.57 Å². The van der Waals surface area contributed by atoms with Gasteiger partial charge in [-0.25, -0.2) is 13.4 Å². The summed E-state index contributed by atoms with van der Waals surface area (Å²) in [6.07, 6.45) is 5.23. The molecule has 98 valence electrons. The van der Waals surface area contributed by atoms with Gasteiger partial charge in [-0.05, 0) is 13.8 Å². The molecule has 0 aromatic carbocycles. The molecule has 2 rings (SSSR count). The quantitative estimate of drug-likeness (QED) is 0.796. The third kappa shape index (κ3) is 2.56. The van der Waals surface area contributed by atoms with Gasteiger partial charge in [0.1, 0.15) is 4.90 Å². The second-order valence-corrected chi connectivity index (χ2v) is 6.46. The highest BCUT2D eigenvalue weighted by atomic mass is 35.7. The topological polar surface area (TPSA) is 69.8 Å². The van der Waals surface area contributed by atoms with Gasteiger partial charge in [0.15, 0.2) is 0 Å². The van der Waals surface area contributed by atoms with Crippen LogP contribution >= 0.6 is 10.7 Å². The summed E-state index contributed by atoms with van der Waals surface area (Å²) >= 11 is 0. The van der Waals surface area contributed by atoms with Gasteiger partial charge in [-0.2, -0.15) is 5.10 Å². The first-order valence-electron chi connectivity index (χ1n) is 5.34. The van der Waals surface area contributed by atoms with Crippen molar-refractivity contribution < 1.29 is 8.42 Å². The number of aromatic nitrogens is 4. The number of aryl methyl sites for hydroxylation is 3. The van der Waals surface area contributed by atoms with E-state index in [1.54, 1.807) is 31.1 Å². The van der Waals surface area contributed by atoms with Crippen molar-refractivity contribution in [1.82, 2.24) is 19.3 Å². The lowest BCUT2D eigenvalue weighted by atomic mass is 10.4. The second kappa shape index (κ2) is 4.74. The van der Waals surface area contributed by atoms with E-state index in [4.69, 9.17) is 10.7 Å². The number of imidazole rings is 1. The monoisotopic (exact) mass is 288 g/mol. The first-order valence-corrected chi connectivity index (χ1v) is 7.65. The molecule has 2 heterocycles. The van der Waals surface area contributed by atoms with E-state index in [0.717, 1.165) is 0 Å². The summed E-state index contributed by atoms with van der Waals surface area (Å²) in [5, 5.41) is 4.20. The molecular weight excluding hydrogens is 276 g/mol. The first kappa shape index (κ1) is 13.1. The van der Waals surface area contributed by atoms with E-state index in [0.29, 0.717) is 24.5 Å². The predicted octanol–water partition coefficient (Wildman–Crippen LogP) is 1.32. The van der Waals surface area contributed by atoms with Crippen LogP contribution in [0.2, 0.25) is 0 Å². The summed E-state index contributed by atoms with van der Waals surface area (Å²) in [5.74, 6) is 0. The molecule has 0 bridgehead atoms. The SMILES string of the molecule is Cc1nn(CCn2ccnc2)c(C)c1S(=O)(=O)Cl. The molecule has 0 aliphatic carbocycles. The van der Waals surface area contributed by atoms with Crippen LogP contribution < -0.4 is 0 Å². The van der Waals surface area contributed by atoms with Crippen molar-refractivity contribution in [2.45, 2.75) is 31.8 Å². The van der Waals surface area contributed by atoms with Crippen LogP contribution in [-0.4, -0.2) is 27.7 Å². The molecule has 8 heteroatoms. The van der Waals surface area contributed by atoms with E-state index in [-0.39, 0.29) is 4.90 Å². The Balaban J connectivity index is 2.25. The summed E-state index contributed by atoms with van der Waals surface area (Å²) in [6, 6.07) is 0. The molecule has 0 unspecified atom stereocenters. The van der Waals surface area contributed by atoms with E-state index in [9.17, 15) is 8.42 Å². The van der Waals surface area contributed by atoms with Crippen LogP contribution in [0, 0.1) is 13.8 Å². The maximum Gasteiger partial charge on any atom is 0.264 e. The maximum atomic E-state index is 11.4. The highest BCUT2D eigenvalue weighted by molar-refractivity contribution is 8.13. The number of halogens is 1. The Bertz CT molecular complexity index is 646. The number of rotatable bonds is 4. The van der Waals surface area contributed by atoms with E-state index >= 15 is 0 Å². The number of hydrogen-bond acceptors (Lipinski definition) is 4. The van der Waals surface area contributed by atoms with Crippen LogP contribution in [0.5, 0.6) is 0 Å². The molecule has 0 saturated heterocycles. The Morgan fingerprint density at radius 1 is 1.33 bits per heavy atom. The molecule has 0 radical (unpaired) electrons. The minimum absolute atomic E-state index is 0.106. The van der Waals surface area contributed by atoms with Gasteiger partial charge >= 0.3 is 0 Å². The fraction of sp³-hybridized carbons (Fsp3) is 0.400. The maximum absolute atomic E-state index is 11.4. The zero-order chi connectivity index (χ0) is 13.3. The lowest BCUT2D eigenvalue weighted by Gasteiger charge is -2.05.